The fourth-order valence-electron chi connectivity index (χ4n) is 2.19. The van der Waals surface area contributed by atoms with E-state index in [-0.39, 0.29) is 5.54 Å². The Hall–Kier alpha value is -0.0500. The molecule has 0 spiro atoms. The molecule has 1 rings (SSSR count). The summed E-state index contributed by atoms with van der Waals surface area (Å²) >= 11 is 7.73. The lowest BCUT2D eigenvalue weighted by Gasteiger charge is -2.33. The third-order valence-corrected chi connectivity index (χ3v) is 4.36. The molecule has 1 atom stereocenters. The van der Waals surface area contributed by atoms with Gasteiger partial charge >= 0.3 is 0 Å². The van der Waals surface area contributed by atoms with Gasteiger partial charge in [0.2, 0.25) is 0 Å². The summed E-state index contributed by atoms with van der Waals surface area (Å²) in [6, 6.07) is 4.17. The van der Waals surface area contributed by atoms with Gasteiger partial charge in [-0.05, 0) is 51.2 Å². The third-order valence-electron chi connectivity index (χ3n) is 3.13. The van der Waals surface area contributed by atoms with Crippen molar-refractivity contribution in [2.24, 2.45) is 5.41 Å². The van der Waals surface area contributed by atoms with Crippen LogP contribution in [0.15, 0.2) is 12.1 Å². The molecule has 1 heterocycles. The topological polar surface area (TPSA) is 12.0 Å². The highest BCUT2D eigenvalue weighted by molar-refractivity contribution is 7.16. The van der Waals surface area contributed by atoms with Gasteiger partial charge in [0.15, 0.2) is 0 Å². The van der Waals surface area contributed by atoms with Crippen LogP contribution >= 0.6 is 22.9 Å². The van der Waals surface area contributed by atoms with Crippen molar-refractivity contribution in [1.82, 2.24) is 5.32 Å². The van der Waals surface area contributed by atoms with Gasteiger partial charge < -0.3 is 5.32 Å². The van der Waals surface area contributed by atoms with E-state index < -0.39 is 0 Å². The second kappa shape index (κ2) is 6.40. The number of halogens is 1. The minimum atomic E-state index is 0.183. The van der Waals surface area contributed by atoms with E-state index >= 15 is 0 Å². The largest absolute Gasteiger partial charge is 0.312 e. The zero-order valence-electron chi connectivity index (χ0n) is 12.3. The van der Waals surface area contributed by atoms with Crippen LogP contribution in [0.4, 0.5) is 0 Å². The predicted molar refractivity (Wildman–Crippen MR) is 83.8 cm³/mol. The molecule has 0 saturated heterocycles. The maximum Gasteiger partial charge on any atom is 0.0931 e. The molecule has 1 nitrogen and oxygen atoms in total. The fraction of sp³-hybridized carbons (Fsp3) is 0.733. The summed E-state index contributed by atoms with van der Waals surface area (Å²) in [5, 5.41) is 3.65. The summed E-state index contributed by atoms with van der Waals surface area (Å²) < 4.78 is 0.896. The molecule has 3 heteroatoms. The van der Waals surface area contributed by atoms with Gasteiger partial charge in [0.05, 0.1) is 4.34 Å². The summed E-state index contributed by atoms with van der Waals surface area (Å²) in [6.07, 6.45) is 3.58. The van der Waals surface area contributed by atoms with Crippen LogP contribution in [0, 0.1) is 5.41 Å². The van der Waals surface area contributed by atoms with Crippen molar-refractivity contribution >= 4 is 22.9 Å². The molecule has 0 bridgehead atoms. The Kier molecular flexibility index (Phi) is 5.69. The van der Waals surface area contributed by atoms with Gasteiger partial charge in [-0.25, -0.2) is 0 Å². The molecule has 1 N–H and O–H groups in total. The number of thiophene rings is 1. The summed E-state index contributed by atoms with van der Waals surface area (Å²) in [6.45, 7) is 12.4. The van der Waals surface area contributed by atoms with Crippen molar-refractivity contribution in [3.05, 3.63) is 21.3 Å². The summed E-state index contributed by atoms with van der Waals surface area (Å²) in [5.74, 6) is 0. The van der Waals surface area contributed by atoms with Crippen molar-refractivity contribution in [2.45, 2.75) is 59.4 Å². The first-order valence-corrected chi connectivity index (χ1v) is 7.93. The molecular formula is C15H26ClNS. The zero-order valence-corrected chi connectivity index (χ0v) is 13.8. The van der Waals surface area contributed by atoms with Gasteiger partial charge in [0.25, 0.3) is 0 Å². The minimum absolute atomic E-state index is 0.183. The van der Waals surface area contributed by atoms with E-state index in [4.69, 9.17) is 11.6 Å². The predicted octanol–water partition coefficient (Wildman–Crippen LogP) is 5.14. The van der Waals surface area contributed by atoms with Crippen LogP contribution in [0.3, 0.4) is 0 Å². The highest BCUT2D eigenvalue weighted by Crippen LogP contribution is 2.32. The van der Waals surface area contributed by atoms with Crippen LogP contribution in [0.5, 0.6) is 0 Å². The molecule has 0 fully saturated rings. The van der Waals surface area contributed by atoms with E-state index in [2.05, 4.69) is 46.0 Å². The Morgan fingerprint density at radius 3 is 2.33 bits per heavy atom. The van der Waals surface area contributed by atoms with Gasteiger partial charge in [-0.1, -0.05) is 31.9 Å². The maximum atomic E-state index is 6.02. The normalized spacial score (nSPS) is 15.7. The molecule has 0 saturated carbocycles. The van der Waals surface area contributed by atoms with Crippen molar-refractivity contribution < 1.29 is 0 Å². The average Bonchev–Trinajstić information content (AvgIpc) is 2.60. The molecule has 1 unspecified atom stereocenters. The van der Waals surface area contributed by atoms with Gasteiger partial charge in [0.1, 0.15) is 0 Å². The summed E-state index contributed by atoms with van der Waals surface area (Å²) in [5.41, 5.74) is 0.498. The van der Waals surface area contributed by atoms with Gasteiger partial charge in [-0.3, -0.25) is 0 Å². The highest BCUT2D eigenvalue weighted by atomic mass is 35.5. The van der Waals surface area contributed by atoms with E-state index in [9.17, 15) is 0 Å². The van der Waals surface area contributed by atoms with E-state index in [0.717, 1.165) is 17.3 Å². The van der Waals surface area contributed by atoms with Crippen molar-refractivity contribution in [3.8, 4) is 0 Å². The monoisotopic (exact) mass is 287 g/mol. The van der Waals surface area contributed by atoms with Crippen LogP contribution < -0.4 is 5.32 Å². The molecule has 1 aromatic heterocycles. The fourth-order valence-corrected chi connectivity index (χ4v) is 3.49. The lowest BCUT2D eigenvalue weighted by Crippen LogP contribution is -2.43. The van der Waals surface area contributed by atoms with Crippen LogP contribution in [-0.4, -0.2) is 12.1 Å². The number of hydrogen-bond acceptors (Lipinski definition) is 2. The molecule has 0 radical (unpaired) electrons. The molecule has 0 aliphatic rings. The van der Waals surface area contributed by atoms with Crippen LogP contribution in [0.25, 0.3) is 0 Å². The van der Waals surface area contributed by atoms with Crippen molar-refractivity contribution in [2.75, 3.05) is 6.54 Å². The lowest BCUT2D eigenvalue weighted by atomic mass is 9.81. The lowest BCUT2D eigenvalue weighted by molar-refractivity contribution is 0.245. The first-order chi connectivity index (χ1) is 8.24. The van der Waals surface area contributed by atoms with E-state index in [1.807, 2.05) is 6.07 Å². The van der Waals surface area contributed by atoms with Crippen LogP contribution in [0.1, 0.15) is 52.3 Å². The SMILES string of the molecule is CCCC(C)(CNC(C)(C)C)Cc1ccc(Cl)s1. The molecular weight excluding hydrogens is 262 g/mol. The van der Waals surface area contributed by atoms with Gasteiger partial charge in [-0.2, -0.15) is 0 Å². The van der Waals surface area contributed by atoms with Crippen LogP contribution in [-0.2, 0) is 6.42 Å². The Bertz CT molecular complexity index is 367. The first-order valence-electron chi connectivity index (χ1n) is 6.73. The first kappa shape index (κ1) is 16.0. The van der Waals surface area contributed by atoms with E-state index in [0.29, 0.717) is 5.41 Å². The third kappa shape index (κ3) is 5.73. The Labute approximate surface area is 121 Å². The Balaban J connectivity index is 2.67. The second-order valence-corrected chi connectivity index (χ2v) is 8.35. The number of nitrogens with one attached hydrogen (secondary N) is 1. The number of rotatable bonds is 6. The van der Waals surface area contributed by atoms with Crippen LogP contribution in [0.2, 0.25) is 4.34 Å². The summed E-state index contributed by atoms with van der Waals surface area (Å²) in [7, 11) is 0. The Morgan fingerprint density at radius 1 is 1.22 bits per heavy atom. The summed E-state index contributed by atoms with van der Waals surface area (Å²) in [4.78, 5) is 1.40. The average molecular weight is 288 g/mol. The van der Waals surface area contributed by atoms with Gasteiger partial charge in [-0.15, -0.1) is 11.3 Å². The van der Waals surface area contributed by atoms with E-state index in [1.54, 1.807) is 11.3 Å². The Morgan fingerprint density at radius 2 is 1.89 bits per heavy atom. The van der Waals surface area contributed by atoms with Gasteiger partial charge in [0, 0.05) is 17.0 Å². The molecule has 0 amide bonds. The van der Waals surface area contributed by atoms with E-state index in [1.165, 1.54) is 17.7 Å². The molecule has 104 valence electrons. The number of hydrogen-bond donors (Lipinski definition) is 1. The minimum Gasteiger partial charge on any atom is -0.312 e. The second-order valence-electron chi connectivity index (χ2n) is 6.55. The standard InChI is InChI=1S/C15H26ClNS/c1-6-9-15(5,11-17-14(2,3)4)10-12-7-8-13(16)18-12/h7-8,17H,6,9-11H2,1-5H3. The smallest absolute Gasteiger partial charge is 0.0931 e. The molecule has 0 aliphatic heterocycles. The molecule has 1 aromatic rings. The maximum absolute atomic E-state index is 6.02. The van der Waals surface area contributed by atoms with Crippen molar-refractivity contribution in [1.29, 1.82) is 0 Å². The molecule has 0 aromatic carbocycles. The zero-order chi connectivity index (χ0) is 13.8. The highest BCUT2D eigenvalue weighted by Gasteiger charge is 2.26. The van der Waals surface area contributed by atoms with Crippen molar-refractivity contribution in [3.63, 3.8) is 0 Å². The molecule has 0 aliphatic carbocycles. The quantitative estimate of drug-likeness (QED) is 0.764. The molecule has 18 heavy (non-hydrogen) atoms.